The van der Waals surface area contributed by atoms with Crippen molar-refractivity contribution in [3.63, 3.8) is 0 Å². The molecule has 1 amide bonds. The van der Waals surface area contributed by atoms with Crippen LogP contribution < -0.4 is 16.0 Å². The van der Waals surface area contributed by atoms with Gasteiger partial charge < -0.3 is 20.7 Å². The molecule has 1 fully saturated rings. The largest absolute Gasteiger partial charge is 0.379 e. The topological polar surface area (TPSA) is 78.0 Å². The summed E-state index contributed by atoms with van der Waals surface area (Å²) in [5.41, 5.74) is 1.89. The van der Waals surface area contributed by atoms with E-state index >= 15 is 0 Å². The first-order valence-corrected chi connectivity index (χ1v) is 10.4. The molecular formula is C21H36IN5O2. The summed E-state index contributed by atoms with van der Waals surface area (Å²) in [6.45, 7) is 10.6. The number of unbranched alkanes of at least 4 members (excludes halogenated alkanes) is 1. The Hall–Kier alpha value is -1.39. The van der Waals surface area contributed by atoms with Crippen molar-refractivity contribution in [1.29, 1.82) is 0 Å². The molecular weight excluding hydrogens is 481 g/mol. The second-order valence-electron chi connectivity index (χ2n) is 6.93. The molecule has 164 valence electrons. The molecule has 7 nitrogen and oxygen atoms in total. The van der Waals surface area contributed by atoms with Crippen molar-refractivity contribution in [2.24, 2.45) is 4.99 Å². The molecule has 1 heterocycles. The number of nitrogens with zero attached hydrogens (tertiary/aromatic N) is 2. The lowest BCUT2D eigenvalue weighted by Crippen LogP contribution is -2.38. The molecule has 0 unspecified atom stereocenters. The molecule has 0 aromatic heterocycles. The Bertz CT molecular complexity index is 621. The summed E-state index contributed by atoms with van der Waals surface area (Å²) in [6.07, 6.45) is 2.77. The van der Waals surface area contributed by atoms with Crippen LogP contribution in [0.5, 0.6) is 0 Å². The number of carbonyl (C=O) groups is 1. The van der Waals surface area contributed by atoms with Crippen molar-refractivity contribution < 1.29 is 9.53 Å². The third-order valence-electron chi connectivity index (χ3n) is 4.56. The van der Waals surface area contributed by atoms with Crippen LogP contribution in [0.3, 0.4) is 0 Å². The van der Waals surface area contributed by atoms with E-state index in [9.17, 15) is 4.79 Å². The molecule has 29 heavy (non-hydrogen) atoms. The zero-order valence-electron chi connectivity index (χ0n) is 17.7. The van der Waals surface area contributed by atoms with Gasteiger partial charge in [0.1, 0.15) is 0 Å². The van der Waals surface area contributed by atoms with Gasteiger partial charge in [-0.25, -0.2) is 4.99 Å². The monoisotopic (exact) mass is 517 g/mol. The first-order chi connectivity index (χ1) is 13.7. The number of anilines is 1. The Labute approximate surface area is 192 Å². The Balaban J connectivity index is 0.00000420. The maximum Gasteiger partial charge on any atom is 0.225 e. The smallest absolute Gasteiger partial charge is 0.225 e. The summed E-state index contributed by atoms with van der Waals surface area (Å²) in [5.74, 6) is 0.873. The Morgan fingerprint density at radius 1 is 1.21 bits per heavy atom. The normalized spacial score (nSPS) is 14.8. The molecule has 2 rings (SSSR count). The number of ether oxygens (including phenoxy) is 1. The van der Waals surface area contributed by atoms with Crippen LogP contribution >= 0.6 is 24.0 Å². The minimum Gasteiger partial charge on any atom is -0.379 e. The van der Waals surface area contributed by atoms with E-state index in [-0.39, 0.29) is 29.9 Å². The first-order valence-electron chi connectivity index (χ1n) is 10.4. The molecule has 0 atom stereocenters. The van der Waals surface area contributed by atoms with Crippen LogP contribution in [0.25, 0.3) is 0 Å². The molecule has 1 aromatic carbocycles. The molecule has 1 saturated heterocycles. The zero-order chi connectivity index (χ0) is 20.0. The standard InChI is InChI=1S/C21H35N5O2.HI/c1-3-5-10-23-21(22-4-2)24-17-18-7-6-8-19(16-18)25-20(27)9-11-26-12-14-28-15-13-26;/h6-8,16H,3-5,9-15,17H2,1-2H3,(H,25,27)(H2,22,23,24);1H. The van der Waals surface area contributed by atoms with E-state index in [0.29, 0.717) is 13.0 Å². The molecule has 0 aliphatic carbocycles. The van der Waals surface area contributed by atoms with Gasteiger partial charge in [0, 0.05) is 44.8 Å². The van der Waals surface area contributed by atoms with E-state index < -0.39 is 0 Å². The quantitative estimate of drug-likeness (QED) is 0.193. The summed E-state index contributed by atoms with van der Waals surface area (Å²) in [7, 11) is 0. The van der Waals surface area contributed by atoms with E-state index in [1.165, 1.54) is 0 Å². The molecule has 8 heteroatoms. The number of aliphatic imine (C=N–C) groups is 1. The van der Waals surface area contributed by atoms with E-state index in [1.807, 2.05) is 24.3 Å². The van der Waals surface area contributed by atoms with Crippen molar-refractivity contribution in [1.82, 2.24) is 15.5 Å². The summed E-state index contributed by atoms with van der Waals surface area (Å²) >= 11 is 0. The van der Waals surface area contributed by atoms with Gasteiger partial charge in [0.2, 0.25) is 5.91 Å². The minimum atomic E-state index is 0. The molecule has 0 bridgehead atoms. The van der Waals surface area contributed by atoms with Gasteiger partial charge >= 0.3 is 0 Å². The highest BCUT2D eigenvalue weighted by atomic mass is 127. The number of guanidine groups is 1. The van der Waals surface area contributed by atoms with Crippen molar-refractivity contribution in [3.8, 4) is 0 Å². The second-order valence-corrected chi connectivity index (χ2v) is 6.93. The predicted octanol–water partition coefficient (Wildman–Crippen LogP) is 2.82. The van der Waals surface area contributed by atoms with Crippen molar-refractivity contribution in [2.45, 2.75) is 39.7 Å². The number of benzene rings is 1. The summed E-state index contributed by atoms with van der Waals surface area (Å²) in [6, 6.07) is 7.90. The fraction of sp³-hybridized carbons (Fsp3) is 0.619. The van der Waals surface area contributed by atoms with Crippen LogP contribution in [0.1, 0.15) is 38.7 Å². The van der Waals surface area contributed by atoms with Gasteiger partial charge in [-0.05, 0) is 31.0 Å². The first kappa shape index (κ1) is 25.6. The number of morpholine rings is 1. The average Bonchev–Trinajstić information content (AvgIpc) is 2.72. The number of hydrogen-bond acceptors (Lipinski definition) is 4. The van der Waals surface area contributed by atoms with Gasteiger partial charge in [0.15, 0.2) is 5.96 Å². The lowest BCUT2D eigenvalue weighted by Gasteiger charge is -2.26. The zero-order valence-corrected chi connectivity index (χ0v) is 20.0. The van der Waals surface area contributed by atoms with Crippen molar-refractivity contribution in [3.05, 3.63) is 29.8 Å². The van der Waals surface area contributed by atoms with Crippen LogP contribution in [0.15, 0.2) is 29.3 Å². The summed E-state index contributed by atoms with van der Waals surface area (Å²) < 4.78 is 5.34. The predicted molar refractivity (Wildman–Crippen MR) is 130 cm³/mol. The summed E-state index contributed by atoms with van der Waals surface area (Å²) in [5, 5.41) is 9.60. The fourth-order valence-electron chi connectivity index (χ4n) is 2.95. The lowest BCUT2D eigenvalue weighted by atomic mass is 10.2. The highest BCUT2D eigenvalue weighted by Crippen LogP contribution is 2.12. The maximum absolute atomic E-state index is 12.2. The molecule has 0 radical (unpaired) electrons. The van der Waals surface area contributed by atoms with Crippen LogP contribution in [0.4, 0.5) is 5.69 Å². The van der Waals surface area contributed by atoms with Crippen molar-refractivity contribution >= 4 is 41.5 Å². The van der Waals surface area contributed by atoms with Gasteiger partial charge in [0.05, 0.1) is 19.8 Å². The minimum absolute atomic E-state index is 0. The van der Waals surface area contributed by atoms with Crippen LogP contribution in [0, 0.1) is 0 Å². The number of rotatable bonds is 10. The third kappa shape index (κ3) is 10.8. The van der Waals surface area contributed by atoms with Crippen LogP contribution in [0.2, 0.25) is 0 Å². The van der Waals surface area contributed by atoms with E-state index in [0.717, 1.165) is 76.0 Å². The number of amides is 1. The van der Waals surface area contributed by atoms with Gasteiger partial charge in [-0.1, -0.05) is 25.5 Å². The molecule has 1 aliphatic heterocycles. The van der Waals surface area contributed by atoms with Crippen LogP contribution in [-0.4, -0.2) is 62.7 Å². The fourth-order valence-corrected chi connectivity index (χ4v) is 2.95. The van der Waals surface area contributed by atoms with Gasteiger partial charge in [0.25, 0.3) is 0 Å². The molecule has 0 spiro atoms. The highest BCUT2D eigenvalue weighted by Gasteiger charge is 2.12. The summed E-state index contributed by atoms with van der Waals surface area (Å²) in [4.78, 5) is 19.2. The number of nitrogens with one attached hydrogen (secondary N) is 3. The maximum atomic E-state index is 12.2. The molecule has 3 N–H and O–H groups in total. The second kappa shape index (κ2) is 15.4. The average molecular weight is 517 g/mol. The third-order valence-corrected chi connectivity index (χ3v) is 4.56. The van der Waals surface area contributed by atoms with Crippen molar-refractivity contribution in [2.75, 3.05) is 51.3 Å². The molecule has 0 saturated carbocycles. The Kier molecular flexibility index (Phi) is 13.7. The van der Waals surface area contributed by atoms with Gasteiger partial charge in [-0.3, -0.25) is 9.69 Å². The van der Waals surface area contributed by atoms with Crippen LogP contribution in [-0.2, 0) is 16.1 Å². The SMILES string of the molecule is CCCCNC(=NCc1cccc(NC(=O)CCN2CCOCC2)c1)NCC.I. The Morgan fingerprint density at radius 3 is 2.72 bits per heavy atom. The lowest BCUT2D eigenvalue weighted by molar-refractivity contribution is -0.116. The van der Waals surface area contributed by atoms with Gasteiger partial charge in [-0.15, -0.1) is 24.0 Å². The number of halogens is 1. The number of hydrogen-bond donors (Lipinski definition) is 3. The Morgan fingerprint density at radius 2 is 2.00 bits per heavy atom. The highest BCUT2D eigenvalue weighted by molar-refractivity contribution is 14.0. The van der Waals surface area contributed by atoms with Gasteiger partial charge in [-0.2, -0.15) is 0 Å². The van der Waals surface area contributed by atoms with E-state index in [2.05, 4.69) is 39.7 Å². The van der Waals surface area contributed by atoms with E-state index in [1.54, 1.807) is 0 Å². The van der Waals surface area contributed by atoms with E-state index in [4.69, 9.17) is 4.74 Å². The molecule has 1 aliphatic rings. The molecule has 1 aromatic rings. The number of carbonyl (C=O) groups excluding carboxylic acids is 1.